The highest BCUT2D eigenvalue weighted by molar-refractivity contribution is 5.43. The van der Waals surface area contributed by atoms with Gasteiger partial charge in [-0.3, -0.25) is 9.88 Å². The van der Waals surface area contributed by atoms with Crippen molar-refractivity contribution < 1.29 is 9.47 Å². The Bertz CT molecular complexity index is 903. The van der Waals surface area contributed by atoms with Gasteiger partial charge in [-0.05, 0) is 41.0 Å². The van der Waals surface area contributed by atoms with Gasteiger partial charge in [0.1, 0.15) is 6.61 Å². The summed E-state index contributed by atoms with van der Waals surface area (Å²) in [5.74, 6) is 1.54. The zero-order chi connectivity index (χ0) is 19.9. The van der Waals surface area contributed by atoms with Crippen molar-refractivity contribution in [1.82, 2.24) is 15.2 Å². The molecule has 5 nitrogen and oxygen atoms in total. The van der Waals surface area contributed by atoms with Crippen LogP contribution in [0, 0.1) is 0 Å². The van der Waals surface area contributed by atoms with Crippen LogP contribution in [0.1, 0.15) is 22.7 Å². The average Bonchev–Trinajstić information content (AvgIpc) is 2.79. The highest BCUT2D eigenvalue weighted by Gasteiger charge is 2.24. The Morgan fingerprint density at radius 2 is 1.83 bits per heavy atom. The van der Waals surface area contributed by atoms with Gasteiger partial charge in [0.15, 0.2) is 11.5 Å². The quantitative estimate of drug-likeness (QED) is 0.666. The third-order valence-corrected chi connectivity index (χ3v) is 5.30. The maximum absolute atomic E-state index is 6.09. The normalized spacial score (nSPS) is 17.1. The molecule has 150 valence electrons. The van der Waals surface area contributed by atoms with Crippen LogP contribution in [0.4, 0.5) is 0 Å². The first-order valence-corrected chi connectivity index (χ1v) is 10.0. The molecule has 1 N–H and O–H groups in total. The number of aromatic nitrogens is 1. The van der Waals surface area contributed by atoms with Gasteiger partial charge in [0.2, 0.25) is 0 Å². The Hall–Kier alpha value is -2.89. The van der Waals surface area contributed by atoms with Gasteiger partial charge in [0.05, 0.1) is 7.11 Å². The number of pyridine rings is 1. The monoisotopic (exact) mass is 389 g/mol. The Labute approximate surface area is 172 Å². The average molecular weight is 389 g/mol. The van der Waals surface area contributed by atoms with Gasteiger partial charge in [-0.1, -0.05) is 36.4 Å². The summed E-state index contributed by atoms with van der Waals surface area (Å²) in [6.07, 6.45) is 3.73. The number of methoxy groups -OCH3 is 1. The number of hydrogen-bond acceptors (Lipinski definition) is 5. The van der Waals surface area contributed by atoms with Crippen molar-refractivity contribution in [2.45, 2.75) is 19.2 Å². The molecule has 1 aliphatic heterocycles. The van der Waals surface area contributed by atoms with E-state index >= 15 is 0 Å². The maximum Gasteiger partial charge on any atom is 0.161 e. The second kappa shape index (κ2) is 9.54. The van der Waals surface area contributed by atoms with Crippen LogP contribution in [-0.4, -0.2) is 36.6 Å². The topological polar surface area (TPSA) is 46.6 Å². The molecule has 29 heavy (non-hydrogen) atoms. The van der Waals surface area contributed by atoms with E-state index in [0.29, 0.717) is 12.6 Å². The minimum absolute atomic E-state index is 0.336. The standard InChI is InChI=1S/C24H27N3O2/c1-28-23-8-7-20(15-24(23)29-18-19-5-3-2-4-6-19)17-27-14-13-26-16-22(27)21-9-11-25-12-10-21/h2-12,15,22,26H,13-14,16-18H2,1H3. The van der Waals surface area contributed by atoms with Crippen molar-refractivity contribution in [2.24, 2.45) is 0 Å². The summed E-state index contributed by atoms with van der Waals surface area (Å²) in [6.45, 7) is 4.32. The van der Waals surface area contributed by atoms with Gasteiger partial charge in [0.25, 0.3) is 0 Å². The molecule has 0 spiro atoms. The van der Waals surface area contributed by atoms with Crippen molar-refractivity contribution in [3.8, 4) is 11.5 Å². The third kappa shape index (κ3) is 4.94. The lowest BCUT2D eigenvalue weighted by Crippen LogP contribution is -2.45. The summed E-state index contributed by atoms with van der Waals surface area (Å²) in [6, 6.07) is 21.0. The molecule has 2 aromatic carbocycles. The minimum Gasteiger partial charge on any atom is -0.493 e. The summed E-state index contributed by atoms with van der Waals surface area (Å²) in [5, 5.41) is 3.51. The summed E-state index contributed by atoms with van der Waals surface area (Å²) in [7, 11) is 1.68. The van der Waals surface area contributed by atoms with E-state index in [0.717, 1.165) is 43.2 Å². The van der Waals surface area contributed by atoms with Gasteiger partial charge in [-0.2, -0.15) is 0 Å². The highest BCUT2D eigenvalue weighted by Crippen LogP contribution is 2.31. The lowest BCUT2D eigenvalue weighted by atomic mass is 10.0. The molecule has 3 aromatic rings. The number of benzene rings is 2. The largest absolute Gasteiger partial charge is 0.493 e. The second-order valence-corrected chi connectivity index (χ2v) is 7.23. The first kappa shape index (κ1) is 19.4. The Morgan fingerprint density at radius 1 is 1.00 bits per heavy atom. The molecular weight excluding hydrogens is 362 g/mol. The molecule has 1 saturated heterocycles. The Morgan fingerprint density at radius 3 is 2.62 bits per heavy atom. The van der Waals surface area contributed by atoms with Gasteiger partial charge in [-0.25, -0.2) is 0 Å². The molecule has 1 aliphatic rings. The van der Waals surface area contributed by atoms with Gasteiger partial charge < -0.3 is 14.8 Å². The van der Waals surface area contributed by atoms with Crippen LogP contribution >= 0.6 is 0 Å². The molecule has 0 radical (unpaired) electrons. The van der Waals surface area contributed by atoms with E-state index in [2.05, 4.69) is 51.6 Å². The van der Waals surface area contributed by atoms with Crippen molar-refractivity contribution in [2.75, 3.05) is 26.7 Å². The van der Waals surface area contributed by atoms with Gasteiger partial charge >= 0.3 is 0 Å². The number of piperazine rings is 1. The summed E-state index contributed by atoms with van der Waals surface area (Å²) < 4.78 is 11.6. The molecule has 5 heteroatoms. The van der Waals surface area contributed by atoms with Crippen LogP contribution in [0.5, 0.6) is 11.5 Å². The van der Waals surface area contributed by atoms with Crippen molar-refractivity contribution in [1.29, 1.82) is 0 Å². The number of rotatable bonds is 7. The molecule has 0 aliphatic carbocycles. The van der Waals surface area contributed by atoms with E-state index in [-0.39, 0.29) is 0 Å². The van der Waals surface area contributed by atoms with E-state index in [1.165, 1.54) is 11.1 Å². The fraction of sp³-hybridized carbons (Fsp3) is 0.292. The van der Waals surface area contributed by atoms with E-state index in [4.69, 9.17) is 9.47 Å². The third-order valence-electron chi connectivity index (χ3n) is 5.30. The SMILES string of the molecule is COc1ccc(CN2CCNCC2c2ccncc2)cc1OCc1ccccc1. The summed E-state index contributed by atoms with van der Waals surface area (Å²) in [5.41, 5.74) is 3.65. The van der Waals surface area contributed by atoms with Crippen LogP contribution in [0.25, 0.3) is 0 Å². The smallest absolute Gasteiger partial charge is 0.161 e. The zero-order valence-corrected chi connectivity index (χ0v) is 16.8. The predicted molar refractivity (Wildman–Crippen MR) is 114 cm³/mol. The lowest BCUT2D eigenvalue weighted by Gasteiger charge is -2.36. The van der Waals surface area contributed by atoms with E-state index < -0.39 is 0 Å². The van der Waals surface area contributed by atoms with Crippen LogP contribution in [0.2, 0.25) is 0 Å². The molecule has 0 amide bonds. The first-order chi connectivity index (χ1) is 14.3. The Kier molecular flexibility index (Phi) is 6.39. The van der Waals surface area contributed by atoms with E-state index in [9.17, 15) is 0 Å². The molecule has 0 bridgehead atoms. The second-order valence-electron chi connectivity index (χ2n) is 7.23. The van der Waals surface area contributed by atoms with Crippen LogP contribution < -0.4 is 14.8 Å². The molecule has 1 atom stereocenters. The first-order valence-electron chi connectivity index (χ1n) is 10.0. The van der Waals surface area contributed by atoms with Crippen LogP contribution in [-0.2, 0) is 13.2 Å². The number of hydrogen-bond donors (Lipinski definition) is 1. The highest BCUT2D eigenvalue weighted by atomic mass is 16.5. The molecule has 0 saturated carbocycles. The summed E-state index contributed by atoms with van der Waals surface area (Å²) in [4.78, 5) is 6.66. The van der Waals surface area contributed by atoms with E-state index in [1.807, 2.05) is 36.7 Å². The van der Waals surface area contributed by atoms with Gasteiger partial charge in [-0.15, -0.1) is 0 Å². The van der Waals surface area contributed by atoms with Crippen molar-refractivity contribution >= 4 is 0 Å². The number of nitrogens with zero attached hydrogens (tertiary/aromatic N) is 2. The van der Waals surface area contributed by atoms with Gasteiger partial charge in [0, 0.05) is 44.6 Å². The molecular formula is C24H27N3O2. The van der Waals surface area contributed by atoms with Crippen LogP contribution in [0.15, 0.2) is 73.1 Å². The minimum atomic E-state index is 0.336. The predicted octanol–water partition coefficient (Wildman–Crippen LogP) is 3.82. The molecule has 4 rings (SSSR count). The molecule has 1 fully saturated rings. The summed E-state index contributed by atoms with van der Waals surface area (Å²) >= 11 is 0. The fourth-order valence-corrected chi connectivity index (χ4v) is 3.75. The van der Waals surface area contributed by atoms with Crippen LogP contribution in [0.3, 0.4) is 0 Å². The lowest BCUT2D eigenvalue weighted by molar-refractivity contribution is 0.153. The number of ether oxygens (including phenoxy) is 2. The van der Waals surface area contributed by atoms with Crippen molar-refractivity contribution in [3.63, 3.8) is 0 Å². The Balaban J connectivity index is 1.50. The fourth-order valence-electron chi connectivity index (χ4n) is 3.75. The molecule has 1 aromatic heterocycles. The zero-order valence-electron chi connectivity index (χ0n) is 16.8. The maximum atomic E-state index is 6.09. The van der Waals surface area contributed by atoms with Crippen molar-refractivity contribution in [3.05, 3.63) is 89.7 Å². The molecule has 2 heterocycles. The number of nitrogens with one attached hydrogen (secondary N) is 1. The molecule has 1 unspecified atom stereocenters. The van der Waals surface area contributed by atoms with E-state index in [1.54, 1.807) is 7.11 Å².